The Kier molecular flexibility index (Phi) is 4.74. The van der Waals surface area contributed by atoms with E-state index >= 15 is 0 Å². The minimum atomic E-state index is -4.81. The van der Waals surface area contributed by atoms with Crippen molar-refractivity contribution in [2.75, 3.05) is 0 Å². The molecule has 0 amide bonds. The molecule has 0 unspecified atom stereocenters. The Bertz CT molecular complexity index is 951. The molecule has 0 aromatic heterocycles. The van der Waals surface area contributed by atoms with Gasteiger partial charge in [0.25, 0.3) is 5.79 Å². The number of hydrogen-bond donors (Lipinski definition) is 0. The molecule has 8 heteroatoms. The highest BCUT2D eigenvalue weighted by Crippen LogP contribution is 2.34. The lowest BCUT2D eigenvalue weighted by Crippen LogP contribution is -2.41. The molecular formula is C20H14F4O4. The van der Waals surface area contributed by atoms with Gasteiger partial charge in [0.1, 0.15) is 11.4 Å². The molecule has 1 aliphatic heterocycles. The van der Waals surface area contributed by atoms with E-state index in [1.165, 1.54) is 50.3 Å². The monoisotopic (exact) mass is 394 g/mol. The quantitative estimate of drug-likeness (QED) is 0.320. The average Bonchev–Trinajstić information content (AvgIpc) is 2.57. The molecule has 1 heterocycles. The molecule has 28 heavy (non-hydrogen) atoms. The molecule has 3 rings (SSSR count). The van der Waals surface area contributed by atoms with Crippen molar-refractivity contribution in [2.45, 2.75) is 25.8 Å². The fourth-order valence-electron chi connectivity index (χ4n) is 2.64. The van der Waals surface area contributed by atoms with Crippen LogP contribution in [0.2, 0.25) is 0 Å². The largest absolute Gasteiger partial charge is 0.419 e. The number of cyclic esters (lactones) is 2. The van der Waals surface area contributed by atoms with Crippen LogP contribution >= 0.6 is 0 Å². The van der Waals surface area contributed by atoms with Gasteiger partial charge in [-0.25, -0.2) is 14.0 Å². The van der Waals surface area contributed by atoms with E-state index in [0.717, 1.165) is 12.1 Å². The number of halogens is 4. The number of benzene rings is 2. The van der Waals surface area contributed by atoms with E-state index in [1.54, 1.807) is 0 Å². The zero-order valence-electron chi connectivity index (χ0n) is 14.8. The van der Waals surface area contributed by atoms with Gasteiger partial charge >= 0.3 is 18.1 Å². The fraction of sp³-hybridized carbons (Fsp3) is 0.200. The average molecular weight is 394 g/mol. The highest BCUT2D eigenvalue weighted by Gasteiger charge is 2.38. The molecule has 1 aliphatic rings. The number of esters is 2. The van der Waals surface area contributed by atoms with E-state index in [1.807, 2.05) is 0 Å². The Labute approximate surface area is 157 Å². The fourth-order valence-corrected chi connectivity index (χ4v) is 2.64. The van der Waals surface area contributed by atoms with E-state index in [0.29, 0.717) is 11.1 Å². The SMILES string of the molecule is CC1(C)OC(=O)C(=Cc2ccc(-c3ccc(F)c(C(F)(F)F)c3)cc2)C(=O)O1. The summed E-state index contributed by atoms with van der Waals surface area (Å²) in [5.74, 6) is -4.37. The van der Waals surface area contributed by atoms with Crippen molar-refractivity contribution in [3.8, 4) is 11.1 Å². The van der Waals surface area contributed by atoms with Crippen molar-refractivity contribution >= 4 is 18.0 Å². The summed E-state index contributed by atoms with van der Waals surface area (Å²) in [6.07, 6.45) is -3.55. The summed E-state index contributed by atoms with van der Waals surface area (Å²) in [4.78, 5) is 23.9. The van der Waals surface area contributed by atoms with Gasteiger partial charge in [0.15, 0.2) is 0 Å². The molecule has 0 bridgehead atoms. The van der Waals surface area contributed by atoms with Crippen molar-refractivity contribution < 1.29 is 36.6 Å². The van der Waals surface area contributed by atoms with E-state index in [2.05, 4.69) is 0 Å². The predicted molar refractivity (Wildman–Crippen MR) is 91.1 cm³/mol. The van der Waals surface area contributed by atoms with E-state index in [9.17, 15) is 27.2 Å². The summed E-state index contributed by atoms with van der Waals surface area (Å²) < 4.78 is 62.0. The molecule has 0 spiro atoms. The van der Waals surface area contributed by atoms with Crippen LogP contribution in [-0.4, -0.2) is 17.7 Å². The van der Waals surface area contributed by atoms with E-state index < -0.39 is 35.3 Å². The number of ether oxygens (including phenoxy) is 2. The number of hydrogen-bond acceptors (Lipinski definition) is 4. The zero-order valence-corrected chi connectivity index (χ0v) is 14.8. The van der Waals surface area contributed by atoms with Gasteiger partial charge in [0, 0.05) is 13.8 Å². The summed E-state index contributed by atoms with van der Waals surface area (Å²) in [5, 5.41) is 0. The Morgan fingerprint density at radius 3 is 1.96 bits per heavy atom. The standard InChI is InChI=1S/C20H14F4O4/c1-19(2)27-17(25)14(18(26)28-19)9-11-3-5-12(6-4-11)13-7-8-16(21)15(10-13)20(22,23)24/h3-10H,1-2H3. The second kappa shape index (κ2) is 6.78. The van der Waals surface area contributed by atoms with E-state index in [-0.39, 0.29) is 11.1 Å². The molecule has 0 saturated carbocycles. The van der Waals surface area contributed by atoms with Crippen molar-refractivity contribution in [1.29, 1.82) is 0 Å². The maximum atomic E-state index is 13.4. The second-order valence-corrected chi connectivity index (χ2v) is 6.55. The molecule has 146 valence electrons. The van der Waals surface area contributed by atoms with Gasteiger partial charge in [0.2, 0.25) is 0 Å². The van der Waals surface area contributed by atoms with Crippen LogP contribution in [0.5, 0.6) is 0 Å². The van der Waals surface area contributed by atoms with Crippen LogP contribution in [0.4, 0.5) is 17.6 Å². The topological polar surface area (TPSA) is 52.6 Å². The van der Waals surface area contributed by atoms with Crippen LogP contribution in [-0.2, 0) is 25.2 Å². The van der Waals surface area contributed by atoms with Gasteiger partial charge < -0.3 is 9.47 Å². The summed E-state index contributed by atoms with van der Waals surface area (Å²) in [6, 6.07) is 8.69. The first kappa shape index (κ1) is 19.6. The van der Waals surface area contributed by atoms with Crippen molar-refractivity contribution in [3.05, 3.63) is 65.0 Å². The van der Waals surface area contributed by atoms with Gasteiger partial charge in [-0.2, -0.15) is 13.2 Å². The molecule has 2 aromatic carbocycles. The number of carbonyl (C=O) groups excluding carboxylic acids is 2. The van der Waals surface area contributed by atoms with E-state index in [4.69, 9.17) is 9.47 Å². The molecule has 4 nitrogen and oxygen atoms in total. The first-order valence-electron chi connectivity index (χ1n) is 8.12. The van der Waals surface area contributed by atoms with Crippen LogP contribution in [0.25, 0.3) is 17.2 Å². The predicted octanol–water partition coefficient (Wildman–Crippen LogP) is 4.73. The summed E-state index contributed by atoms with van der Waals surface area (Å²) in [5.41, 5.74) is -0.640. The Balaban J connectivity index is 1.89. The van der Waals surface area contributed by atoms with Crippen molar-refractivity contribution in [2.24, 2.45) is 0 Å². The normalized spacial score (nSPS) is 16.4. The van der Waals surface area contributed by atoms with Gasteiger partial charge in [-0.05, 0) is 34.9 Å². The lowest BCUT2D eigenvalue weighted by molar-refractivity contribution is -0.222. The molecule has 1 fully saturated rings. The minimum Gasteiger partial charge on any atom is -0.419 e. The number of carbonyl (C=O) groups is 2. The van der Waals surface area contributed by atoms with Crippen LogP contribution in [0.1, 0.15) is 25.0 Å². The zero-order chi connectivity index (χ0) is 20.7. The van der Waals surface area contributed by atoms with Crippen LogP contribution in [0.3, 0.4) is 0 Å². The highest BCUT2D eigenvalue weighted by atomic mass is 19.4. The summed E-state index contributed by atoms with van der Waals surface area (Å²) in [7, 11) is 0. The highest BCUT2D eigenvalue weighted by molar-refractivity contribution is 6.18. The third-order valence-corrected chi connectivity index (χ3v) is 3.94. The Hall–Kier alpha value is -3.16. The lowest BCUT2D eigenvalue weighted by Gasteiger charge is -2.29. The summed E-state index contributed by atoms with van der Waals surface area (Å²) in [6.45, 7) is 2.85. The number of alkyl halides is 3. The number of rotatable bonds is 2. The van der Waals surface area contributed by atoms with Gasteiger partial charge in [-0.3, -0.25) is 0 Å². The molecule has 0 aliphatic carbocycles. The molecule has 0 N–H and O–H groups in total. The van der Waals surface area contributed by atoms with Crippen LogP contribution < -0.4 is 0 Å². The van der Waals surface area contributed by atoms with Crippen molar-refractivity contribution in [1.82, 2.24) is 0 Å². The third kappa shape index (κ3) is 4.05. The third-order valence-electron chi connectivity index (χ3n) is 3.94. The second-order valence-electron chi connectivity index (χ2n) is 6.55. The van der Waals surface area contributed by atoms with Crippen LogP contribution in [0, 0.1) is 5.82 Å². The maximum Gasteiger partial charge on any atom is 0.419 e. The maximum absolute atomic E-state index is 13.4. The Morgan fingerprint density at radius 2 is 1.43 bits per heavy atom. The van der Waals surface area contributed by atoms with Gasteiger partial charge in [-0.15, -0.1) is 0 Å². The molecule has 1 saturated heterocycles. The first-order chi connectivity index (χ1) is 13.0. The van der Waals surface area contributed by atoms with Gasteiger partial charge in [-0.1, -0.05) is 30.3 Å². The summed E-state index contributed by atoms with van der Waals surface area (Å²) >= 11 is 0. The smallest absolute Gasteiger partial charge is 0.419 e. The molecular weight excluding hydrogens is 380 g/mol. The van der Waals surface area contributed by atoms with Crippen LogP contribution in [0.15, 0.2) is 48.0 Å². The first-order valence-corrected chi connectivity index (χ1v) is 8.12. The molecule has 2 aromatic rings. The molecule has 0 atom stereocenters. The lowest BCUT2D eigenvalue weighted by atomic mass is 10.0. The Morgan fingerprint density at radius 1 is 0.893 bits per heavy atom. The van der Waals surface area contributed by atoms with Gasteiger partial charge in [0.05, 0.1) is 5.56 Å². The van der Waals surface area contributed by atoms with Crippen molar-refractivity contribution in [3.63, 3.8) is 0 Å². The minimum absolute atomic E-state index is 0.172. The molecule has 0 radical (unpaired) electrons.